The third kappa shape index (κ3) is 3.21. The molecule has 1 aromatic rings. The minimum Gasteiger partial charge on any atom is -0.300 e. The molecule has 2 nitrogen and oxygen atoms in total. The zero-order valence-electron chi connectivity index (χ0n) is 9.16. The van der Waals surface area contributed by atoms with Crippen LogP contribution in [0.4, 0.5) is 0 Å². The summed E-state index contributed by atoms with van der Waals surface area (Å²) in [5.74, 6) is -0.0593. The van der Waals surface area contributed by atoms with Gasteiger partial charge in [-0.2, -0.15) is 5.26 Å². The van der Waals surface area contributed by atoms with E-state index >= 15 is 0 Å². The van der Waals surface area contributed by atoms with Crippen molar-refractivity contribution < 1.29 is 4.79 Å². The van der Waals surface area contributed by atoms with Gasteiger partial charge in [-0.3, -0.25) is 4.79 Å². The third-order valence-corrected chi connectivity index (χ3v) is 2.64. The number of Topliss-reactive ketones (excluding diaryl/α,β-unsaturated/α-hetero) is 1. The zero-order chi connectivity index (χ0) is 11.3. The summed E-state index contributed by atoms with van der Waals surface area (Å²) in [5.41, 5.74) is 2.34. The van der Waals surface area contributed by atoms with Crippen molar-refractivity contribution in [3.8, 4) is 6.07 Å². The van der Waals surface area contributed by atoms with E-state index in [0.717, 1.165) is 5.56 Å². The van der Waals surface area contributed by atoms with E-state index in [1.54, 1.807) is 6.92 Å². The van der Waals surface area contributed by atoms with Crippen molar-refractivity contribution in [1.82, 2.24) is 0 Å². The Morgan fingerprint density at radius 1 is 1.47 bits per heavy atom. The van der Waals surface area contributed by atoms with Crippen LogP contribution in [0.3, 0.4) is 0 Å². The molecule has 1 aromatic carbocycles. The zero-order valence-corrected chi connectivity index (χ0v) is 9.16. The lowest BCUT2D eigenvalue weighted by Crippen LogP contribution is -2.13. The summed E-state index contributed by atoms with van der Waals surface area (Å²) in [4.78, 5) is 11.3. The van der Waals surface area contributed by atoms with Crippen molar-refractivity contribution in [1.29, 1.82) is 5.26 Å². The first-order valence-electron chi connectivity index (χ1n) is 5.07. The van der Waals surface area contributed by atoms with Crippen molar-refractivity contribution in [3.05, 3.63) is 35.4 Å². The summed E-state index contributed by atoms with van der Waals surface area (Å²) in [6.45, 7) is 3.58. The second-order valence-corrected chi connectivity index (χ2v) is 3.80. The van der Waals surface area contributed by atoms with Crippen molar-refractivity contribution in [2.75, 3.05) is 0 Å². The summed E-state index contributed by atoms with van der Waals surface area (Å²) in [7, 11) is 0. The number of hydrogen-bond acceptors (Lipinski definition) is 2. The number of nitrogens with zero attached hydrogens (tertiary/aromatic N) is 1. The van der Waals surface area contributed by atoms with Gasteiger partial charge in [-0.25, -0.2) is 0 Å². The molecule has 15 heavy (non-hydrogen) atoms. The van der Waals surface area contributed by atoms with Crippen LogP contribution in [0.5, 0.6) is 0 Å². The fraction of sp³-hybridized carbons (Fsp3) is 0.385. The number of benzene rings is 1. The molecular weight excluding hydrogens is 186 g/mol. The molecule has 0 amide bonds. The minimum absolute atomic E-state index is 0.0970. The highest BCUT2D eigenvalue weighted by atomic mass is 16.1. The Balaban J connectivity index is 2.79. The van der Waals surface area contributed by atoms with Crippen molar-refractivity contribution >= 4 is 5.78 Å². The van der Waals surface area contributed by atoms with Gasteiger partial charge in [-0.1, -0.05) is 24.3 Å². The molecule has 0 bridgehead atoms. The summed E-state index contributed by atoms with van der Waals surface area (Å²) < 4.78 is 0. The summed E-state index contributed by atoms with van der Waals surface area (Å²) in [5, 5.41) is 8.63. The normalized spacial score (nSPS) is 11.8. The topological polar surface area (TPSA) is 40.9 Å². The SMILES string of the molecule is CC(=O)C(CC#N)Cc1ccccc1C. The molecule has 0 aliphatic carbocycles. The van der Waals surface area contributed by atoms with Crippen LogP contribution in [0, 0.1) is 24.2 Å². The number of hydrogen-bond donors (Lipinski definition) is 0. The van der Waals surface area contributed by atoms with E-state index in [-0.39, 0.29) is 11.7 Å². The monoisotopic (exact) mass is 201 g/mol. The van der Waals surface area contributed by atoms with Crippen LogP contribution in [-0.4, -0.2) is 5.78 Å². The third-order valence-electron chi connectivity index (χ3n) is 2.64. The largest absolute Gasteiger partial charge is 0.300 e. The predicted molar refractivity (Wildman–Crippen MR) is 59.3 cm³/mol. The van der Waals surface area contributed by atoms with Gasteiger partial charge in [-0.15, -0.1) is 0 Å². The molecule has 1 atom stereocenters. The van der Waals surface area contributed by atoms with Gasteiger partial charge in [0.2, 0.25) is 0 Å². The fourth-order valence-corrected chi connectivity index (χ4v) is 1.57. The van der Waals surface area contributed by atoms with Gasteiger partial charge in [-0.05, 0) is 31.4 Å². The highest BCUT2D eigenvalue weighted by Crippen LogP contribution is 2.16. The maximum Gasteiger partial charge on any atom is 0.134 e. The number of rotatable bonds is 4. The van der Waals surface area contributed by atoms with Crippen molar-refractivity contribution in [2.45, 2.75) is 26.7 Å². The summed E-state index contributed by atoms with van der Waals surface area (Å²) in [6, 6.07) is 10.1. The molecule has 0 saturated carbocycles. The lowest BCUT2D eigenvalue weighted by molar-refractivity contribution is -0.120. The average molecular weight is 201 g/mol. The van der Waals surface area contributed by atoms with Crippen LogP contribution in [0.2, 0.25) is 0 Å². The Bertz CT molecular complexity index is 390. The summed E-state index contributed by atoms with van der Waals surface area (Å²) >= 11 is 0. The van der Waals surface area contributed by atoms with Crippen LogP contribution in [-0.2, 0) is 11.2 Å². The number of nitriles is 1. The molecule has 0 heterocycles. The molecule has 0 aromatic heterocycles. The van der Waals surface area contributed by atoms with E-state index in [9.17, 15) is 4.79 Å². The van der Waals surface area contributed by atoms with E-state index in [2.05, 4.69) is 6.07 Å². The van der Waals surface area contributed by atoms with Crippen molar-refractivity contribution in [2.24, 2.45) is 5.92 Å². The maximum atomic E-state index is 11.3. The Hall–Kier alpha value is -1.62. The second-order valence-electron chi connectivity index (χ2n) is 3.80. The van der Waals surface area contributed by atoms with E-state index in [1.807, 2.05) is 31.2 Å². The Morgan fingerprint density at radius 2 is 2.13 bits per heavy atom. The number of ketones is 1. The maximum absolute atomic E-state index is 11.3. The number of aryl methyl sites for hydroxylation is 1. The molecule has 0 aliphatic rings. The van der Waals surface area contributed by atoms with Gasteiger partial charge in [0.25, 0.3) is 0 Å². The summed E-state index contributed by atoms with van der Waals surface area (Å²) in [6.07, 6.45) is 0.985. The number of carbonyl (C=O) groups excluding carboxylic acids is 1. The second kappa shape index (κ2) is 5.31. The first-order valence-corrected chi connectivity index (χ1v) is 5.07. The molecule has 1 rings (SSSR count). The lowest BCUT2D eigenvalue weighted by Gasteiger charge is -2.11. The first-order chi connectivity index (χ1) is 7.15. The quantitative estimate of drug-likeness (QED) is 0.751. The van der Waals surface area contributed by atoms with Crippen LogP contribution in [0.15, 0.2) is 24.3 Å². The van der Waals surface area contributed by atoms with Gasteiger partial charge in [0.05, 0.1) is 6.07 Å². The lowest BCUT2D eigenvalue weighted by atomic mass is 9.91. The molecule has 0 fully saturated rings. The molecule has 0 spiro atoms. The molecule has 0 radical (unpaired) electrons. The van der Waals surface area contributed by atoms with E-state index in [4.69, 9.17) is 5.26 Å². The minimum atomic E-state index is -0.156. The highest BCUT2D eigenvalue weighted by Gasteiger charge is 2.15. The van der Waals surface area contributed by atoms with E-state index in [1.165, 1.54) is 5.56 Å². The molecule has 1 unspecified atom stereocenters. The smallest absolute Gasteiger partial charge is 0.134 e. The predicted octanol–water partition coefficient (Wildman–Crippen LogP) is 2.66. The van der Waals surface area contributed by atoms with E-state index in [0.29, 0.717) is 12.8 Å². The van der Waals surface area contributed by atoms with Crippen molar-refractivity contribution in [3.63, 3.8) is 0 Å². The van der Waals surface area contributed by atoms with Crippen LogP contribution >= 0.6 is 0 Å². The van der Waals surface area contributed by atoms with Crippen LogP contribution < -0.4 is 0 Å². The number of carbonyl (C=O) groups is 1. The van der Waals surface area contributed by atoms with Gasteiger partial charge in [0.15, 0.2) is 0 Å². The first kappa shape index (κ1) is 11.5. The highest BCUT2D eigenvalue weighted by molar-refractivity contribution is 5.78. The Kier molecular flexibility index (Phi) is 4.05. The molecular formula is C13H15NO. The fourth-order valence-electron chi connectivity index (χ4n) is 1.57. The molecule has 0 aliphatic heterocycles. The average Bonchev–Trinajstić information content (AvgIpc) is 2.20. The van der Waals surface area contributed by atoms with Gasteiger partial charge in [0, 0.05) is 12.3 Å². The Morgan fingerprint density at radius 3 is 2.67 bits per heavy atom. The van der Waals surface area contributed by atoms with E-state index < -0.39 is 0 Å². The Labute approximate surface area is 90.5 Å². The molecule has 78 valence electrons. The van der Waals surface area contributed by atoms with Gasteiger partial charge < -0.3 is 0 Å². The standard InChI is InChI=1S/C13H15NO/c1-10-5-3-4-6-12(10)9-13(7-8-14)11(2)15/h3-6,13H,7,9H2,1-2H3. The van der Waals surface area contributed by atoms with Crippen LogP contribution in [0.25, 0.3) is 0 Å². The molecule has 2 heteroatoms. The molecule has 0 saturated heterocycles. The van der Waals surface area contributed by atoms with Gasteiger partial charge >= 0.3 is 0 Å². The van der Waals surface area contributed by atoms with Gasteiger partial charge in [0.1, 0.15) is 5.78 Å². The van der Waals surface area contributed by atoms with Crippen LogP contribution in [0.1, 0.15) is 24.5 Å². The molecule has 0 N–H and O–H groups in total.